The van der Waals surface area contributed by atoms with Crippen molar-refractivity contribution in [3.8, 4) is 5.75 Å². The largest absolute Gasteiger partial charge is 0.493 e. The quantitative estimate of drug-likeness (QED) is 0.760. The van der Waals surface area contributed by atoms with Gasteiger partial charge in [0, 0.05) is 19.1 Å². The molecule has 108 valence electrons. The van der Waals surface area contributed by atoms with E-state index in [1.54, 1.807) is 0 Å². The summed E-state index contributed by atoms with van der Waals surface area (Å²) >= 11 is 0. The van der Waals surface area contributed by atoms with Gasteiger partial charge in [0.2, 0.25) is 0 Å². The molecule has 1 rings (SSSR count). The van der Waals surface area contributed by atoms with E-state index in [0.29, 0.717) is 0 Å². The summed E-state index contributed by atoms with van der Waals surface area (Å²) in [5, 5.41) is 18.2. The van der Waals surface area contributed by atoms with E-state index in [9.17, 15) is 0 Å². The fourth-order valence-corrected chi connectivity index (χ4v) is 2.09. The lowest BCUT2D eigenvalue weighted by atomic mass is 9.95. The minimum atomic E-state index is -0.0178. The highest BCUT2D eigenvalue weighted by Gasteiger charge is 2.10. The summed E-state index contributed by atoms with van der Waals surface area (Å²) in [5.74, 6) is 0.944. The average Bonchev–Trinajstić information content (AvgIpc) is 2.43. The van der Waals surface area contributed by atoms with Crippen molar-refractivity contribution in [2.75, 3.05) is 19.8 Å². The molecule has 0 aliphatic carbocycles. The minimum Gasteiger partial charge on any atom is -0.493 e. The summed E-state index contributed by atoms with van der Waals surface area (Å²) < 4.78 is 5.71. The first kappa shape index (κ1) is 16.0. The number of hydrogen-bond donors (Lipinski definition) is 2. The fourth-order valence-electron chi connectivity index (χ4n) is 2.09. The Morgan fingerprint density at radius 2 is 1.79 bits per heavy atom. The molecule has 2 N–H and O–H groups in total. The molecule has 0 radical (unpaired) electrons. The van der Waals surface area contributed by atoms with E-state index >= 15 is 0 Å². The van der Waals surface area contributed by atoms with E-state index in [2.05, 4.69) is 26.8 Å². The second-order valence-electron chi connectivity index (χ2n) is 5.09. The molecule has 1 aromatic carbocycles. The van der Waals surface area contributed by atoms with E-state index in [1.807, 2.05) is 6.07 Å². The monoisotopic (exact) mass is 266 g/mol. The van der Waals surface area contributed by atoms with Gasteiger partial charge in [-0.1, -0.05) is 13.0 Å². The van der Waals surface area contributed by atoms with Gasteiger partial charge in [0.15, 0.2) is 0 Å². The van der Waals surface area contributed by atoms with Gasteiger partial charge < -0.3 is 14.9 Å². The van der Waals surface area contributed by atoms with Crippen molar-refractivity contribution in [2.24, 2.45) is 5.92 Å². The van der Waals surface area contributed by atoms with Gasteiger partial charge in [-0.3, -0.25) is 0 Å². The maximum Gasteiger partial charge on any atom is 0.122 e. The number of ether oxygens (including phenoxy) is 1. The molecule has 0 saturated carbocycles. The Hall–Kier alpha value is -1.06. The van der Waals surface area contributed by atoms with Crippen LogP contribution in [-0.4, -0.2) is 30.0 Å². The lowest BCUT2D eigenvalue weighted by Crippen LogP contribution is -2.12. The fraction of sp³-hybridized carbons (Fsp3) is 0.625. The van der Waals surface area contributed by atoms with Gasteiger partial charge in [-0.2, -0.15) is 0 Å². The van der Waals surface area contributed by atoms with Gasteiger partial charge in [0.25, 0.3) is 0 Å². The van der Waals surface area contributed by atoms with Crippen molar-refractivity contribution in [2.45, 2.75) is 40.0 Å². The zero-order valence-electron chi connectivity index (χ0n) is 12.3. The van der Waals surface area contributed by atoms with Crippen LogP contribution in [0.1, 0.15) is 36.5 Å². The van der Waals surface area contributed by atoms with Crippen molar-refractivity contribution in [3.63, 3.8) is 0 Å². The van der Waals surface area contributed by atoms with Gasteiger partial charge in [-0.25, -0.2) is 0 Å². The van der Waals surface area contributed by atoms with Crippen LogP contribution in [0.4, 0.5) is 0 Å². The Balaban J connectivity index is 2.73. The summed E-state index contributed by atoms with van der Waals surface area (Å²) in [7, 11) is 0. The smallest absolute Gasteiger partial charge is 0.122 e. The lowest BCUT2D eigenvalue weighted by Gasteiger charge is -2.16. The summed E-state index contributed by atoms with van der Waals surface area (Å²) in [4.78, 5) is 0. The maximum absolute atomic E-state index is 9.09. The number of rotatable bonds is 8. The number of hydrogen-bond acceptors (Lipinski definition) is 3. The number of aryl methyl sites for hydroxylation is 1. The van der Waals surface area contributed by atoms with Crippen molar-refractivity contribution in [1.29, 1.82) is 0 Å². The van der Waals surface area contributed by atoms with E-state index < -0.39 is 0 Å². The van der Waals surface area contributed by atoms with Crippen LogP contribution in [0, 0.1) is 19.8 Å². The predicted octanol–water partition coefficient (Wildman–Crippen LogP) is 2.63. The van der Waals surface area contributed by atoms with Crippen molar-refractivity contribution in [1.82, 2.24) is 0 Å². The first-order valence-corrected chi connectivity index (χ1v) is 7.07. The summed E-state index contributed by atoms with van der Waals surface area (Å²) in [5.41, 5.74) is 3.71. The average molecular weight is 266 g/mol. The minimum absolute atomic E-state index is 0.0178. The first-order chi connectivity index (χ1) is 9.13. The Labute approximate surface area is 116 Å². The first-order valence-electron chi connectivity index (χ1n) is 7.07. The Bertz CT molecular complexity index is 384. The Kier molecular flexibility index (Phi) is 6.89. The Morgan fingerprint density at radius 3 is 2.37 bits per heavy atom. The van der Waals surface area contributed by atoms with E-state index in [1.165, 1.54) is 16.7 Å². The SMILES string of the molecule is CCCOc1ccc(CCC(CO)CO)c(C)c1C. The molecule has 0 atom stereocenters. The number of aliphatic hydroxyl groups excluding tert-OH is 2. The summed E-state index contributed by atoms with van der Waals surface area (Å²) in [6.45, 7) is 7.13. The van der Waals surface area contributed by atoms with Crippen LogP contribution in [-0.2, 0) is 6.42 Å². The van der Waals surface area contributed by atoms with E-state index in [-0.39, 0.29) is 19.1 Å². The number of aliphatic hydroxyl groups is 2. The van der Waals surface area contributed by atoms with Gasteiger partial charge >= 0.3 is 0 Å². The van der Waals surface area contributed by atoms with Crippen molar-refractivity contribution < 1.29 is 14.9 Å². The van der Waals surface area contributed by atoms with Crippen molar-refractivity contribution >= 4 is 0 Å². The zero-order chi connectivity index (χ0) is 14.3. The van der Waals surface area contributed by atoms with Crippen LogP contribution in [0.25, 0.3) is 0 Å². The third-order valence-electron chi connectivity index (χ3n) is 3.65. The third kappa shape index (κ3) is 4.51. The molecule has 0 saturated heterocycles. The van der Waals surface area contributed by atoms with E-state index in [4.69, 9.17) is 14.9 Å². The van der Waals surface area contributed by atoms with Crippen LogP contribution in [0.15, 0.2) is 12.1 Å². The highest BCUT2D eigenvalue weighted by atomic mass is 16.5. The molecule has 3 nitrogen and oxygen atoms in total. The molecule has 0 heterocycles. The second-order valence-corrected chi connectivity index (χ2v) is 5.09. The highest BCUT2D eigenvalue weighted by Crippen LogP contribution is 2.25. The molecule has 1 aromatic rings. The number of benzene rings is 1. The lowest BCUT2D eigenvalue weighted by molar-refractivity contribution is 0.144. The van der Waals surface area contributed by atoms with Gasteiger partial charge in [0.1, 0.15) is 5.75 Å². The van der Waals surface area contributed by atoms with Gasteiger partial charge in [0.05, 0.1) is 6.61 Å². The van der Waals surface area contributed by atoms with Crippen LogP contribution in [0.2, 0.25) is 0 Å². The van der Waals surface area contributed by atoms with Crippen LogP contribution >= 0.6 is 0 Å². The summed E-state index contributed by atoms with van der Waals surface area (Å²) in [6, 6.07) is 4.12. The molecule has 0 aromatic heterocycles. The van der Waals surface area contributed by atoms with Crippen molar-refractivity contribution in [3.05, 3.63) is 28.8 Å². The molecule has 0 amide bonds. The molecular formula is C16H26O3. The van der Waals surface area contributed by atoms with Gasteiger partial charge in [-0.15, -0.1) is 0 Å². The maximum atomic E-state index is 9.09. The second kappa shape index (κ2) is 8.18. The predicted molar refractivity (Wildman–Crippen MR) is 77.7 cm³/mol. The molecular weight excluding hydrogens is 240 g/mol. The molecule has 0 aliphatic rings. The third-order valence-corrected chi connectivity index (χ3v) is 3.65. The standard InChI is InChI=1S/C16H26O3/c1-4-9-19-16-8-7-15(12(2)13(16)3)6-5-14(10-17)11-18/h7-8,14,17-18H,4-6,9-11H2,1-3H3. The highest BCUT2D eigenvalue weighted by molar-refractivity contribution is 5.43. The summed E-state index contributed by atoms with van der Waals surface area (Å²) in [6.07, 6.45) is 2.70. The molecule has 0 fully saturated rings. The van der Waals surface area contributed by atoms with Crippen LogP contribution in [0.3, 0.4) is 0 Å². The van der Waals surface area contributed by atoms with Crippen LogP contribution < -0.4 is 4.74 Å². The molecule has 0 bridgehead atoms. The topological polar surface area (TPSA) is 49.7 Å². The van der Waals surface area contributed by atoms with Crippen LogP contribution in [0.5, 0.6) is 5.75 Å². The molecule has 0 aliphatic heterocycles. The normalized spacial score (nSPS) is 11.1. The zero-order valence-corrected chi connectivity index (χ0v) is 12.3. The molecule has 0 spiro atoms. The molecule has 3 heteroatoms. The molecule has 19 heavy (non-hydrogen) atoms. The molecule has 0 unspecified atom stereocenters. The van der Waals surface area contributed by atoms with E-state index in [0.717, 1.165) is 31.6 Å². The van der Waals surface area contributed by atoms with Gasteiger partial charge in [-0.05, 0) is 55.9 Å². The Morgan fingerprint density at radius 1 is 1.11 bits per heavy atom.